The van der Waals surface area contributed by atoms with Crippen LogP contribution in [0.3, 0.4) is 0 Å². The minimum Gasteiger partial charge on any atom is -0.192 e. The summed E-state index contributed by atoms with van der Waals surface area (Å²) in [5.41, 5.74) is 37.7. The summed E-state index contributed by atoms with van der Waals surface area (Å²) in [6.07, 6.45) is 10.9. The number of hydrogen-bond donors (Lipinski definition) is 0. The molecule has 4 aromatic heterocycles. The molecule has 14 aromatic rings. The van der Waals surface area contributed by atoms with Crippen molar-refractivity contribution in [3.8, 4) is 114 Å². The van der Waals surface area contributed by atoms with Gasteiger partial charge in [-0.1, -0.05) is 199 Å². The third-order valence-corrected chi connectivity index (χ3v) is 21.2. The van der Waals surface area contributed by atoms with E-state index in [4.69, 9.17) is 5.26 Å². The van der Waals surface area contributed by atoms with Gasteiger partial charge in [0.05, 0.1) is 113 Å². The predicted octanol–water partition coefficient (Wildman–Crippen LogP) is 20.3. The zero-order chi connectivity index (χ0) is 78.2. The highest BCUT2D eigenvalue weighted by Gasteiger charge is 2.29. The molecule has 14 rings (SSSR count). The highest BCUT2D eigenvalue weighted by Crippen LogP contribution is 2.41. The van der Waals surface area contributed by atoms with Gasteiger partial charge in [-0.15, -0.1) is 9.36 Å². The maximum Gasteiger partial charge on any atom is 0.240 e. The highest BCUT2D eigenvalue weighted by molar-refractivity contribution is 5.80. The standard InChI is InChI=1S/C30H32N3.C27H26N3.C21H22N3.C19H18N3/c1-20(2)27-15-25(24-10-8-7-9-11-24)16-28(21(3)4)30(27)26-18-32(6)33(19-26)29-14-23(17-31)13-12-22(29)5;1-18-11-12-22(16-28)15-26(18)30-17-25(21(4)29(30)5)27-19(2)13-24(14-20(27)3)23-9-7-6-8-10-23;1-14-9-10-18(12-22)11-20(14)24-13-19(17(4)23(24)5)21-15(2)7-6-8-16(21)3;1-14-9-10-16(12-20)11-19(14)22-13-18(15(2)21(22)3)17-7-5-4-6-8-17/h7-16,18-21H,1-6H3;6-15,17H,1-5H3;6-11,13H,1-5H3;4-11,13H,1-3H3/q4*+1. The van der Waals surface area contributed by atoms with E-state index in [9.17, 15) is 15.8 Å². The number of hydrogen-bond acceptors (Lipinski definition) is 4. The van der Waals surface area contributed by atoms with Crippen LogP contribution in [0.25, 0.3) is 89.5 Å². The minimum absolute atomic E-state index is 0.387. The van der Waals surface area contributed by atoms with Gasteiger partial charge >= 0.3 is 0 Å². The summed E-state index contributed by atoms with van der Waals surface area (Å²) in [4.78, 5) is 0. The monoisotopic (exact) mass is 1430 g/mol. The maximum atomic E-state index is 9.40. The van der Waals surface area contributed by atoms with Crippen LogP contribution >= 0.6 is 0 Å². The SMILES string of the molecule is Cc1ccc(C#N)cc1-[n+]1cc(-c2c(C)cc(-c3ccccc3)cc2C)c(C)n1C.Cc1ccc(C#N)cc1-[n+]1cc(-c2c(C)cccc2C)c(C)n1C.Cc1ccc(C#N)cc1-[n+]1cc(-c2ccccc2)c(C)n1C.Cc1ccc(C#N)cc1-n1cc(-c2c(C(C)C)cc(-c3ccccc3)cc2C(C)C)c[n+]1C. The molecule has 0 atom stereocenters. The third-order valence-electron chi connectivity index (χ3n) is 21.2. The Balaban J connectivity index is 0.000000146. The molecule has 0 aliphatic heterocycles. The van der Waals surface area contributed by atoms with Crippen LogP contribution in [0.4, 0.5) is 0 Å². The molecule has 0 bridgehead atoms. The van der Waals surface area contributed by atoms with Crippen LogP contribution in [0.2, 0.25) is 0 Å². The van der Waals surface area contributed by atoms with Crippen molar-refractivity contribution in [1.82, 2.24) is 18.7 Å². The van der Waals surface area contributed by atoms with E-state index in [1.807, 2.05) is 104 Å². The van der Waals surface area contributed by atoms with Crippen LogP contribution in [-0.2, 0) is 28.2 Å². The van der Waals surface area contributed by atoms with E-state index in [2.05, 4.69) is 327 Å². The Bertz CT molecular complexity index is 5830. The molecule has 12 nitrogen and oxygen atoms in total. The van der Waals surface area contributed by atoms with E-state index >= 15 is 0 Å². The average molecular weight is 1430 g/mol. The molecule has 0 spiro atoms. The topological polar surface area (TPSA) is 130 Å². The molecule has 0 radical (unpaired) electrons. The molecule has 12 heteroatoms. The highest BCUT2D eigenvalue weighted by atomic mass is 15.4. The van der Waals surface area contributed by atoms with Gasteiger partial charge < -0.3 is 0 Å². The van der Waals surface area contributed by atoms with Crippen LogP contribution in [0.1, 0.15) is 135 Å². The molecule has 0 saturated heterocycles. The molecule has 542 valence electrons. The van der Waals surface area contributed by atoms with Gasteiger partial charge in [-0.2, -0.15) is 35.1 Å². The summed E-state index contributed by atoms with van der Waals surface area (Å²) in [5, 5.41) is 37.1. The van der Waals surface area contributed by atoms with Gasteiger partial charge in [0.25, 0.3) is 0 Å². The van der Waals surface area contributed by atoms with Crippen LogP contribution in [0.15, 0.2) is 237 Å². The summed E-state index contributed by atoms with van der Waals surface area (Å²) in [6.45, 7) is 32.5. The molecular weight excluding hydrogens is 1330 g/mol. The van der Waals surface area contributed by atoms with E-state index in [1.54, 1.807) is 0 Å². The van der Waals surface area contributed by atoms with Crippen molar-refractivity contribution >= 4 is 0 Å². The van der Waals surface area contributed by atoms with Gasteiger partial charge in [-0.25, -0.2) is 0 Å². The van der Waals surface area contributed by atoms with E-state index in [1.165, 1.54) is 117 Å². The van der Waals surface area contributed by atoms with Crippen molar-refractivity contribution in [2.75, 3.05) is 0 Å². The van der Waals surface area contributed by atoms with Crippen molar-refractivity contribution in [3.63, 3.8) is 0 Å². The zero-order valence-electron chi connectivity index (χ0n) is 66.5. The van der Waals surface area contributed by atoms with E-state index in [0.29, 0.717) is 34.1 Å². The van der Waals surface area contributed by atoms with Gasteiger partial charge in [0.15, 0.2) is 7.05 Å². The van der Waals surface area contributed by atoms with Crippen molar-refractivity contribution in [2.24, 2.45) is 28.2 Å². The molecule has 0 aliphatic carbocycles. The van der Waals surface area contributed by atoms with Gasteiger partial charge in [0, 0.05) is 34.9 Å². The fourth-order valence-corrected chi connectivity index (χ4v) is 14.7. The molecular formula is C97H98N12+4. The Labute approximate surface area is 644 Å². The largest absolute Gasteiger partial charge is 0.240 e. The Hall–Kier alpha value is -13.0. The van der Waals surface area contributed by atoms with Gasteiger partial charge in [0.2, 0.25) is 41.8 Å². The molecule has 0 unspecified atom stereocenters. The first-order valence-corrected chi connectivity index (χ1v) is 37.2. The van der Waals surface area contributed by atoms with Crippen LogP contribution < -0.4 is 18.7 Å². The van der Waals surface area contributed by atoms with Crippen molar-refractivity contribution in [3.05, 3.63) is 332 Å². The van der Waals surface area contributed by atoms with Crippen molar-refractivity contribution < 1.29 is 18.7 Å². The summed E-state index contributed by atoms with van der Waals surface area (Å²) in [7, 11) is 8.23. The Morgan fingerprint density at radius 3 is 1.03 bits per heavy atom. The number of aryl methyl sites for hydroxylation is 9. The third kappa shape index (κ3) is 16.2. The van der Waals surface area contributed by atoms with E-state index in [-0.39, 0.29) is 0 Å². The first-order valence-electron chi connectivity index (χ1n) is 37.2. The van der Waals surface area contributed by atoms with Crippen molar-refractivity contribution in [2.45, 2.75) is 116 Å². The zero-order valence-corrected chi connectivity index (χ0v) is 66.5. The molecule has 0 amide bonds. The summed E-state index contributed by atoms with van der Waals surface area (Å²) in [6, 6.07) is 79.4. The van der Waals surface area contributed by atoms with Crippen LogP contribution in [-0.4, -0.2) is 18.7 Å². The van der Waals surface area contributed by atoms with Crippen molar-refractivity contribution in [1.29, 1.82) is 21.0 Å². The molecule has 0 N–H and O–H groups in total. The summed E-state index contributed by atoms with van der Waals surface area (Å²) >= 11 is 0. The first-order chi connectivity index (χ1) is 52.2. The normalized spacial score (nSPS) is 10.8. The summed E-state index contributed by atoms with van der Waals surface area (Å²) in [5.74, 6) is 0.775. The van der Waals surface area contributed by atoms with E-state index < -0.39 is 0 Å². The number of rotatable bonds is 12. The lowest BCUT2D eigenvalue weighted by molar-refractivity contribution is -0.744. The fourth-order valence-electron chi connectivity index (χ4n) is 14.7. The smallest absolute Gasteiger partial charge is 0.192 e. The lowest BCUT2D eigenvalue weighted by atomic mass is 9.83. The molecule has 10 aromatic carbocycles. The minimum atomic E-state index is 0.387. The Kier molecular flexibility index (Phi) is 23.5. The van der Waals surface area contributed by atoms with Crippen LogP contribution in [0.5, 0.6) is 0 Å². The van der Waals surface area contributed by atoms with Crippen LogP contribution in [0, 0.1) is 121 Å². The lowest BCUT2D eigenvalue weighted by Gasteiger charge is -2.20. The quantitative estimate of drug-likeness (QED) is 0.113. The Morgan fingerprint density at radius 1 is 0.303 bits per heavy atom. The number of nitriles is 4. The molecule has 0 aliphatic rings. The van der Waals surface area contributed by atoms with Gasteiger partial charge in [-0.05, 0) is 202 Å². The first kappa shape index (κ1) is 77.1. The summed E-state index contributed by atoms with van der Waals surface area (Å²) < 4.78 is 17.0. The Morgan fingerprint density at radius 2 is 0.642 bits per heavy atom. The lowest BCUT2D eigenvalue weighted by Crippen LogP contribution is -2.39. The second kappa shape index (κ2) is 33.2. The number of nitrogens with zero attached hydrogens (tertiary/aromatic N) is 12. The second-order valence-electron chi connectivity index (χ2n) is 29.3. The van der Waals surface area contributed by atoms with Gasteiger partial charge in [0.1, 0.15) is 5.69 Å². The predicted molar refractivity (Wildman–Crippen MR) is 440 cm³/mol. The number of benzene rings is 10. The molecule has 4 heterocycles. The molecule has 109 heavy (non-hydrogen) atoms. The second-order valence-corrected chi connectivity index (χ2v) is 29.3. The fraction of sp³-hybridized carbons (Fsp3) is 0.216. The molecule has 0 saturated carbocycles. The van der Waals surface area contributed by atoms with E-state index in [0.717, 1.165) is 45.0 Å². The average Bonchev–Trinajstić information content (AvgIpc) is 1.53. The molecule has 0 fully saturated rings. The van der Waals surface area contributed by atoms with Gasteiger partial charge in [-0.3, -0.25) is 0 Å². The number of aromatic nitrogens is 8. The maximum absolute atomic E-state index is 9.40.